The Labute approximate surface area is 115 Å². The molecule has 2 rings (SSSR count). The first-order valence-corrected chi connectivity index (χ1v) is 6.74. The number of amides is 1. The summed E-state index contributed by atoms with van der Waals surface area (Å²) in [4.78, 5) is 23.3. The molecule has 1 aliphatic carbocycles. The molecule has 104 valence electrons. The summed E-state index contributed by atoms with van der Waals surface area (Å²) in [5, 5.41) is 11.8. The Kier molecular flexibility index (Phi) is 4.47. The molecule has 5 nitrogen and oxygen atoms in total. The Bertz CT molecular complexity index is 465. The maximum Gasteiger partial charge on any atom is 0.326 e. The lowest BCUT2D eigenvalue weighted by Crippen LogP contribution is -2.46. The van der Waals surface area contributed by atoms with E-state index in [0.29, 0.717) is 0 Å². The molecule has 1 unspecified atom stereocenters. The van der Waals surface area contributed by atoms with Gasteiger partial charge in [0.1, 0.15) is 6.04 Å². The quantitative estimate of drug-likeness (QED) is 0.891. The number of aliphatic carboxylic acids is 1. The van der Waals surface area contributed by atoms with E-state index in [1.54, 1.807) is 0 Å². The summed E-state index contributed by atoms with van der Waals surface area (Å²) in [6.07, 6.45) is 6.11. The van der Waals surface area contributed by atoms with Crippen LogP contribution in [0, 0.1) is 5.92 Å². The summed E-state index contributed by atoms with van der Waals surface area (Å²) in [6, 6.07) is 0.566. The number of rotatable bonds is 4. The van der Waals surface area contributed by atoms with E-state index < -0.39 is 17.9 Å². The first-order chi connectivity index (χ1) is 9.09. The molecule has 0 bridgehead atoms. The predicted molar refractivity (Wildman–Crippen MR) is 69.2 cm³/mol. The predicted octanol–water partition coefficient (Wildman–Crippen LogP) is 2.70. The van der Waals surface area contributed by atoms with Crippen LogP contribution < -0.4 is 5.32 Å². The van der Waals surface area contributed by atoms with Crippen molar-refractivity contribution < 1.29 is 19.1 Å². The second-order valence-corrected chi connectivity index (χ2v) is 5.14. The number of hydrogen-bond donors (Lipinski definition) is 2. The zero-order valence-electron chi connectivity index (χ0n) is 10.4. The molecule has 1 fully saturated rings. The highest BCUT2D eigenvalue weighted by atomic mass is 35.5. The number of carboxylic acids is 1. The molecular weight excluding hydrogens is 270 g/mol. The normalized spacial score (nSPS) is 17.9. The highest BCUT2D eigenvalue weighted by molar-refractivity contribution is 6.32. The molecule has 2 N–H and O–H groups in total. The van der Waals surface area contributed by atoms with Crippen molar-refractivity contribution in [3.8, 4) is 0 Å². The SMILES string of the molecule is O=C(NC(C(=O)O)C1CCCCC1)c1ccoc1Cl. The highest BCUT2D eigenvalue weighted by Crippen LogP contribution is 2.27. The van der Waals surface area contributed by atoms with Gasteiger partial charge in [-0.2, -0.15) is 0 Å². The number of carbonyl (C=O) groups is 2. The van der Waals surface area contributed by atoms with E-state index in [9.17, 15) is 14.7 Å². The number of nitrogens with one attached hydrogen (secondary N) is 1. The Balaban J connectivity index is 2.06. The Morgan fingerprint density at radius 1 is 1.37 bits per heavy atom. The van der Waals surface area contributed by atoms with Gasteiger partial charge in [0.15, 0.2) is 0 Å². The largest absolute Gasteiger partial charge is 0.480 e. The van der Waals surface area contributed by atoms with Gasteiger partial charge in [-0.3, -0.25) is 4.79 Å². The van der Waals surface area contributed by atoms with E-state index in [1.165, 1.54) is 12.3 Å². The number of halogens is 1. The average molecular weight is 286 g/mol. The molecule has 0 aromatic carbocycles. The van der Waals surface area contributed by atoms with Crippen molar-refractivity contribution in [3.05, 3.63) is 23.1 Å². The number of hydrogen-bond acceptors (Lipinski definition) is 3. The lowest BCUT2D eigenvalue weighted by molar-refractivity contribution is -0.141. The van der Waals surface area contributed by atoms with Gasteiger partial charge >= 0.3 is 5.97 Å². The minimum absolute atomic E-state index is 0.0131. The van der Waals surface area contributed by atoms with Crippen LogP contribution in [-0.4, -0.2) is 23.0 Å². The lowest BCUT2D eigenvalue weighted by Gasteiger charge is -2.27. The molecule has 1 amide bonds. The van der Waals surface area contributed by atoms with Crippen molar-refractivity contribution in [2.24, 2.45) is 5.92 Å². The zero-order valence-corrected chi connectivity index (χ0v) is 11.2. The van der Waals surface area contributed by atoms with Gasteiger partial charge in [0.2, 0.25) is 5.22 Å². The third-order valence-electron chi connectivity index (χ3n) is 3.54. The van der Waals surface area contributed by atoms with Crippen LogP contribution in [-0.2, 0) is 4.79 Å². The fraction of sp³-hybridized carbons (Fsp3) is 0.538. The number of carbonyl (C=O) groups excluding carboxylic acids is 1. The Hall–Kier alpha value is -1.49. The van der Waals surface area contributed by atoms with Crippen molar-refractivity contribution in [2.45, 2.75) is 38.1 Å². The minimum Gasteiger partial charge on any atom is -0.480 e. The van der Waals surface area contributed by atoms with Crippen LogP contribution >= 0.6 is 11.6 Å². The standard InChI is InChI=1S/C13H16ClNO4/c14-11-9(6-7-19-11)12(16)15-10(13(17)18)8-4-2-1-3-5-8/h6-8,10H,1-5H2,(H,15,16)(H,17,18). The number of furan rings is 1. The van der Waals surface area contributed by atoms with Gasteiger partial charge in [-0.05, 0) is 36.4 Å². The molecule has 1 aliphatic rings. The molecule has 0 aliphatic heterocycles. The fourth-order valence-electron chi connectivity index (χ4n) is 2.52. The third kappa shape index (κ3) is 3.29. The van der Waals surface area contributed by atoms with Crippen LogP contribution in [0.5, 0.6) is 0 Å². The van der Waals surface area contributed by atoms with E-state index in [1.807, 2.05) is 0 Å². The van der Waals surface area contributed by atoms with Gasteiger partial charge in [0, 0.05) is 0 Å². The topological polar surface area (TPSA) is 79.5 Å². The molecule has 6 heteroatoms. The molecule has 19 heavy (non-hydrogen) atoms. The first kappa shape index (κ1) is 13.9. The summed E-state index contributed by atoms with van der Waals surface area (Å²) in [5.74, 6) is -1.52. The van der Waals surface area contributed by atoms with E-state index in [0.717, 1.165) is 32.1 Å². The monoisotopic (exact) mass is 285 g/mol. The van der Waals surface area contributed by atoms with Crippen molar-refractivity contribution in [3.63, 3.8) is 0 Å². The zero-order chi connectivity index (χ0) is 13.8. The van der Waals surface area contributed by atoms with Crippen LogP contribution in [0.2, 0.25) is 5.22 Å². The van der Waals surface area contributed by atoms with E-state index in [-0.39, 0.29) is 16.7 Å². The van der Waals surface area contributed by atoms with Gasteiger partial charge in [-0.1, -0.05) is 19.3 Å². The maximum absolute atomic E-state index is 12.0. The second kappa shape index (κ2) is 6.10. The van der Waals surface area contributed by atoms with Crippen LogP contribution in [0.25, 0.3) is 0 Å². The van der Waals surface area contributed by atoms with Crippen LogP contribution in [0.15, 0.2) is 16.7 Å². The van der Waals surface area contributed by atoms with Crippen molar-refractivity contribution in [1.82, 2.24) is 5.32 Å². The lowest BCUT2D eigenvalue weighted by atomic mass is 9.84. The third-order valence-corrected chi connectivity index (χ3v) is 3.83. The molecule has 1 saturated carbocycles. The molecule has 1 aromatic heterocycles. The minimum atomic E-state index is -1.00. The van der Waals surface area contributed by atoms with Gasteiger partial charge in [-0.25, -0.2) is 4.79 Å². The molecule has 0 radical (unpaired) electrons. The number of carboxylic acid groups (broad SMARTS) is 1. The van der Waals surface area contributed by atoms with Crippen molar-refractivity contribution in [2.75, 3.05) is 0 Å². The Morgan fingerprint density at radius 3 is 2.58 bits per heavy atom. The van der Waals surface area contributed by atoms with Crippen molar-refractivity contribution >= 4 is 23.5 Å². The summed E-state index contributed by atoms with van der Waals surface area (Å²) in [6.45, 7) is 0. The molecule has 0 spiro atoms. The summed E-state index contributed by atoms with van der Waals surface area (Å²) in [5.41, 5.74) is 0.170. The van der Waals surface area contributed by atoms with Gasteiger partial charge in [0.25, 0.3) is 5.91 Å². The van der Waals surface area contributed by atoms with Gasteiger partial charge < -0.3 is 14.8 Å². The van der Waals surface area contributed by atoms with Gasteiger partial charge in [0.05, 0.1) is 11.8 Å². The summed E-state index contributed by atoms with van der Waals surface area (Å²) in [7, 11) is 0. The van der Waals surface area contributed by atoms with Crippen LogP contribution in [0.3, 0.4) is 0 Å². The molecule has 1 atom stereocenters. The molecule has 1 heterocycles. The average Bonchev–Trinajstić information content (AvgIpc) is 2.82. The molecule has 0 saturated heterocycles. The molecule has 1 aromatic rings. The van der Waals surface area contributed by atoms with E-state index in [2.05, 4.69) is 5.32 Å². The van der Waals surface area contributed by atoms with Crippen LogP contribution in [0.4, 0.5) is 0 Å². The van der Waals surface area contributed by atoms with Gasteiger partial charge in [-0.15, -0.1) is 0 Å². The summed E-state index contributed by atoms with van der Waals surface area (Å²) < 4.78 is 4.83. The highest BCUT2D eigenvalue weighted by Gasteiger charge is 2.31. The maximum atomic E-state index is 12.0. The smallest absolute Gasteiger partial charge is 0.326 e. The summed E-state index contributed by atoms with van der Waals surface area (Å²) >= 11 is 5.71. The van der Waals surface area contributed by atoms with E-state index >= 15 is 0 Å². The second-order valence-electron chi connectivity index (χ2n) is 4.80. The van der Waals surface area contributed by atoms with Crippen LogP contribution in [0.1, 0.15) is 42.5 Å². The van der Waals surface area contributed by atoms with E-state index in [4.69, 9.17) is 16.0 Å². The van der Waals surface area contributed by atoms with Crippen molar-refractivity contribution in [1.29, 1.82) is 0 Å². The molecular formula is C13H16ClNO4. The Morgan fingerprint density at radius 2 is 2.05 bits per heavy atom. The fourth-order valence-corrected chi connectivity index (χ4v) is 2.72. The first-order valence-electron chi connectivity index (χ1n) is 6.36.